The van der Waals surface area contributed by atoms with Crippen molar-refractivity contribution in [2.45, 2.75) is 20.8 Å². The Morgan fingerprint density at radius 2 is 1.31 bits per heavy atom. The molecule has 0 bridgehead atoms. The Bertz CT molecular complexity index is 1590. The van der Waals surface area contributed by atoms with Crippen LogP contribution in [0.25, 0.3) is 21.2 Å². The number of ketones is 1. The number of rotatable bonds is 3. The van der Waals surface area contributed by atoms with Gasteiger partial charge < -0.3 is 0 Å². The van der Waals surface area contributed by atoms with E-state index in [4.69, 9.17) is 0 Å². The molecule has 0 N–H and O–H groups in total. The molecule has 1 aliphatic rings. The van der Waals surface area contributed by atoms with E-state index in [0.717, 1.165) is 24.3 Å². The Morgan fingerprint density at radius 1 is 0.686 bits per heavy atom. The van der Waals surface area contributed by atoms with Crippen LogP contribution in [0, 0.1) is 51.1 Å². The van der Waals surface area contributed by atoms with Crippen molar-refractivity contribution in [3.8, 4) is 11.1 Å². The highest BCUT2D eigenvalue weighted by Crippen LogP contribution is 2.45. The standard InChI is InChI=1S/C13H5N3O7.C11H12S/c17-13-9-3-6(14(18)19)1-2-8(9)12-10(13)4-7(15(20)21)5-11(12)16(22)23;1-7-4-5-8(2)11-10(7)9(3)6-12-11/h1-5H;4-6H,1-3H3. The lowest BCUT2D eigenvalue weighted by molar-refractivity contribution is -0.393. The fraction of sp³-hybridized carbons (Fsp3) is 0.125. The molecule has 1 heterocycles. The fourth-order valence-corrected chi connectivity index (χ4v) is 5.26. The van der Waals surface area contributed by atoms with E-state index in [1.807, 2.05) is 11.3 Å². The zero-order valence-electron chi connectivity index (χ0n) is 18.7. The van der Waals surface area contributed by atoms with Gasteiger partial charge >= 0.3 is 0 Å². The van der Waals surface area contributed by atoms with Crippen molar-refractivity contribution in [1.29, 1.82) is 0 Å². The lowest BCUT2D eigenvalue weighted by atomic mass is 10.0. The van der Waals surface area contributed by atoms with E-state index in [1.165, 1.54) is 32.8 Å². The number of nitro groups is 3. The lowest BCUT2D eigenvalue weighted by Crippen LogP contribution is -2.00. The van der Waals surface area contributed by atoms with Gasteiger partial charge in [0.1, 0.15) is 0 Å². The summed E-state index contributed by atoms with van der Waals surface area (Å²) in [4.78, 5) is 42.8. The summed E-state index contributed by atoms with van der Waals surface area (Å²) in [6.45, 7) is 6.55. The van der Waals surface area contributed by atoms with Crippen LogP contribution >= 0.6 is 11.3 Å². The summed E-state index contributed by atoms with van der Waals surface area (Å²) in [5, 5.41) is 36.6. The molecule has 0 atom stereocenters. The molecule has 1 aromatic heterocycles. The number of thiophene rings is 1. The van der Waals surface area contributed by atoms with Gasteiger partial charge in [0.05, 0.1) is 26.4 Å². The molecule has 5 rings (SSSR count). The van der Waals surface area contributed by atoms with Gasteiger partial charge in [0.15, 0.2) is 5.78 Å². The third-order valence-electron chi connectivity index (χ3n) is 5.79. The van der Waals surface area contributed by atoms with Gasteiger partial charge in [0, 0.05) is 39.6 Å². The first kappa shape index (κ1) is 23.6. The molecule has 11 heteroatoms. The summed E-state index contributed by atoms with van der Waals surface area (Å²) < 4.78 is 1.45. The van der Waals surface area contributed by atoms with Crippen LogP contribution in [0.1, 0.15) is 32.6 Å². The topological polar surface area (TPSA) is 146 Å². The van der Waals surface area contributed by atoms with Crippen molar-refractivity contribution >= 4 is 44.3 Å². The van der Waals surface area contributed by atoms with Crippen LogP contribution in [0.5, 0.6) is 0 Å². The predicted octanol–water partition coefficient (Wildman–Crippen LogP) is 6.45. The Morgan fingerprint density at radius 3 is 1.91 bits per heavy atom. The normalized spacial score (nSPS) is 11.5. The second-order valence-corrected chi connectivity index (χ2v) is 8.92. The van der Waals surface area contributed by atoms with Crippen LogP contribution in [0.2, 0.25) is 0 Å². The molecular weight excluding hydrogens is 474 g/mol. The average molecular weight is 491 g/mol. The summed E-state index contributed by atoms with van der Waals surface area (Å²) in [7, 11) is 0. The van der Waals surface area contributed by atoms with Crippen LogP contribution in [0.3, 0.4) is 0 Å². The van der Waals surface area contributed by atoms with Crippen LogP contribution in [0.4, 0.5) is 17.1 Å². The highest BCUT2D eigenvalue weighted by atomic mass is 32.1. The zero-order chi connectivity index (χ0) is 25.6. The first-order valence-corrected chi connectivity index (χ1v) is 11.1. The Balaban J connectivity index is 0.000000201. The smallest absolute Gasteiger partial charge is 0.284 e. The van der Waals surface area contributed by atoms with Crippen molar-refractivity contribution in [2.75, 3.05) is 0 Å². The summed E-state index contributed by atoms with van der Waals surface area (Å²) in [6, 6.07) is 9.47. The van der Waals surface area contributed by atoms with Crippen LogP contribution in [-0.4, -0.2) is 20.6 Å². The molecule has 4 aromatic rings. The molecule has 176 valence electrons. The molecule has 0 fully saturated rings. The van der Waals surface area contributed by atoms with E-state index < -0.39 is 31.9 Å². The number of carbonyl (C=O) groups excluding carboxylic acids is 1. The summed E-state index contributed by atoms with van der Waals surface area (Å²) >= 11 is 1.85. The zero-order valence-corrected chi connectivity index (χ0v) is 19.5. The maximum absolute atomic E-state index is 12.3. The van der Waals surface area contributed by atoms with Gasteiger partial charge in [-0.1, -0.05) is 12.1 Å². The van der Waals surface area contributed by atoms with E-state index >= 15 is 0 Å². The van der Waals surface area contributed by atoms with E-state index in [1.54, 1.807) is 0 Å². The van der Waals surface area contributed by atoms with Gasteiger partial charge in [0.2, 0.25) is 0 Å². The van der Waals surface area contributed by atoms with E-state index in [0.29, 0.717) is 0 Å². The molecule has 0 amide bonds. The monoisotopic (exact) mass is 491 g/mol. The Hall–Kier alpha value is -4.51. The van der Waals surface area contributed by atoms with E-state index in [9.17, 15) is 35.1 Å². The number of non-ortho nitro benzene ring substituents is 2. The molecule has 0 saturated heterocycles. The fourth-order valence-electron chi connectivity index (χ4n) is 4.15. The first-order valence-electron chi connectivity index (χ1n) is 10.3. The van der Waals surface area contributed by atoms with Gasteiger partial charge in [-0.05, 0) is 54.3 Å². The van der Waals surface area contributed by atoms with Crippen LogP contribution < -0.4 is 0 Å². The van der Waals surface area contributed by atoms with Gasteiger partial charge in [0.25, 0.3) is 17.1 Å². The molecule has 3 aromatic carbocycles. The summed E-state index contributed by atoms with van der Waals surface area (Å²) in [5.74, 6) is -0.717. The lowest BCUT2D eigenvalue weighted by Gasteiger charge is -2.02. The minimum atomic E-state index is -0.841. The molecule has 1 aliphatic carbocycles. The van der Waals surface area contributed by atoms with Crippen molar-refractivity contribution in [3.63, 3.8) is 0 Å². The SMILES string of the molecule is Cc1ccc(C)c2c(C)csc12.O=C1c2cc([N+](=O)[O-])ccc2-c2c1cc([N+](=O)[O-])cc2[N+](=O)[O-]. The molecular formula is C24H17N3O7S. The Kier molecular flexibility index (Phi) is 5.87. The number of fused-ring (bicyclic) bond motifs is 4. The largest absolute Gasteiger partial charge is 0.289 e. The van der Waals surface area contributed by atoms with E-state index in [-0.39, 0.29) is 27.9 Å². The van der Waals surface area contributed by atoms with Gasteiger partial charge in [-0.15, -0.1) is 11.3 Å². The second kappa shape index (κ2) is 8.69. The number of benzene rings is 3. The maximum atomic E-state index is 12.3. The molecule has 10 nitrogen and oxygen atoms in total. The Labute approximate surface area is 201 Å². The highest BCUT2D eigenvalue weighted by molar-refractivity contribution is 7.17. The second-order valence-electron chi connectivity index (χ2n) is 8.04. The van der Waals surface area contributed by atoms with Crippen molar-refractivity contribution in [1.82, 2.24) is 0 Å². The average Bonchev–Trinajstić information content (AvgIpc) is 3.35. The molecule has 0 saturated carbocycles. The minimum Gasteiger partial charge on any atom is -0.289 e. The first-order chi connectivity index (χ1) is 16.5. The summed E-state index contributed by atoms with van der Waals surface area (Å²) in [5.41, 5.74) is 2.48. The molecule has 35 heavy (non-hydrogen) atoms. The minimum absolute atomic E-state index is 0.0597. The number of hydrogen-bond acceptors (Lipinski definition) is 8. The molecule has 0 radical (unpaired) electrons. The van der Waals surface area contributed by atoms with E-state index in [2.05, 4.69) is 38.3 Å². The summed E-state index contributed by atoms with van der Waals surface area (Å²) in [6.07, 6.45) is 0. The highest BCUT2D eigenvalue weighted by Gasteiger charge is 2.36. The van der Waals surface area contributed by atoms with Gasteiger partial charge in [-0.2, -0.15) is 0 Å². The van der Waals surface area contributed by atoms with Crippen LogP contribution in [0.15, 0.2) is 47.8 Å². The third-order valence-corrected chi connectivity index (χ3v) is 7.03. The van der Waals surface area contributed by atoms with Crippen molar-refractivity contribution < 1.29 is 19.6 Å². The quantitative estimate of drug-likeness (QED) is 0.208. The van der Waals surface area contributed by atoms with Gasteiger partial charge in [-0.3, -0.25) is 35.1 Å². The van der Waals surface area contributed by atoms with Gasteiger partial charge in [-0.25, -0.2) is 0 Å². The molecule has 0 unspecified atom stereocenters. The molecule has 0 aliphatic heterocycles. The number of carbonyl (C=O) groups is 1. The number of nitro benzene ring substituents is 3. The third kappa shape index (κ3) is 4.02. The van der Waals surface area contributed by atoms with Crippen LogP contribution in [-0.2, 0) is 0 Å². The number of aryl methyl sites for hydroxylation is 3. The maximum Gasteiger partial charge on any atom is 0.284 e. The molecule has 0 spiro atoms. The van der Waals surface area contributed by atoms with Crippen molar-refractivity contribution in [3.05, 3.63) is 106 Å². The number of hydrogen-bond donors (Lipinski definition) is 0. The number of nitrogens with zero attached hydrogens (tertiary/aromatic N) is 3. The van der Waals surface area contributed by atoms with Crippen molar-refractivity contribution in [2.24, 2.45) is 0 Å². The predicted molar refractivity (Wildman–Crippen MR) is 131 cm³/mol.